The van der Waals surface area contributed by atoms with Gasteiger partial charge in [-0.3, -0.25) is 19.3 Å². The monoisotopic (exact) mass is 533 g/mol. The van der Waals surface area contributed by atoms with Crippen LogP contribution < -0.4 is 4.90 Å². The highest BCUT2D eigenvalue weighted by Gasteiger charge is 2.47. The molecule has 39 heavy (non-hydrogen) atoms. The predicted octanol–water partition coefficient (Wildman–Crippen LogP) is 3.77. The third-order valence-electron chi connectivity index (χ3n) is 7.72. The minimum absolute atomic E-state index is 0.162. The zero-order chi connectivity index (χ0) is 27.9. The van der Waals surface area contributed by atoms with E-state index in [9.17, 15) is 24.3 Å². The number of carboxylic acid groups (broad SMARTS) is 1. The van der Waals surface area contributed by atoms with E-state index in [1.165, 1.54) is 4.90 Å². The second kappa shape index (κ2) is 10.4. The van der Waals surface area contributed by atoms with Gasteiger partial charge in [-0.05, 0) is 62.8 Å². The van der Waals surface area contributed by atoms with Gasteiger partial charge in [-0.2, -0.15) is 0 Å². The van der Waals surface area contributed by atoms with Crippen LogP contribution in [0, 0.1) is 0 Å². The van der Waals surface area contributed by atoms with E-state index in [1.54, 1.807) is 36.6 Å². The third kappa shape index (κ3) is 5.35. The second-order valence-electron chi connectivity index (χ2n) is 11.6. The van der Waals surface area contributed by atoms with Crippen molar-refractivity contribution in [2.45, 2.75) is 83.1 Å². The standard InChI is InChI=1S/C30H35N3O6/c1-30(2,3)39-29(38)33-23-12-7-6-10-20(23)16-25(33)28(37)31-14-8-13-24(31)27(36)32-18-21-11-5-4-9-19(21)15-22(32)17-26(34)35/h4-7,9-12,22,24-25H,8,13-18H2,1-3H3,(H,34,35). The fourth-order valence-electron chi connectivity index (χ4n) is 6.02. The van der Waals surface area contributed by atoms with Gasteiger partial charge >= 0.3 is 12.1 Å². The summed E-state index contributed by atoms with van der Waals surface area (Å²) in [4.78, 5) is 57.7. The number of nitrogens with zero attached hydrogens (tertiary/aromatic N) is 3. The molecule has 0 bridgehead atoms. The topological polar surface area (TPSA) is 107 Å². The van der Waals surface area contributed by atoms with Gasteiger partial charge in [-0.25, -0.2) is 4.79 Å². The Labute approximate surface area is 228 Å². The number of ether oxygens (including phenoxy) is 1. The molecule has 3 atom stereocenters. The highest BCUT2D eigenvalue weighted by atomic mass is 16.6. The van der Waals surface area contributed by atoms with Gasteiger partial charge in [0.1, 0.15) is 17.7 Å². The summed E-state index contributed by atoms with van der Waals surface area (Å²) in [5.74, 6) is -1.49. The quantitative estimate of drug-likeness (QED) is 0.641. The van der Waals surface area contributed by atoms with Crippen LogP contribution in [-0.2, 0) is 38.5 Å². The fourth-order valence-corrected chi connectivity index (χ4v) is 6.02. The van der Waals surface area contributed by atoms with Crippen molar-refractivity contribution in [3.8, 4) is 0 Å². The maximum Gasteiger partial charge on any atom is 0.415 e. The molecule has 1 N–H and O–H groups in total. The van der Waals surface area contributed by atoms with Crippen molar-refractivity contribution in [3.63, 3.8) is 0 Å². The first-order valence-electron chi connectivity index (χ1n) is 13.5. The maximum atomic E-state index is 14.1. The third-order valence-corrected chi connectivity index (χ3v) is 7.72. The molecule has 1 saturated heterocycles. The SMILES string of the molecule is CC(C)(C)OC(=O)N1c2ccccc2CC1C(=O)N1CCCC1C(=O)N1Cc2ccccc2CC1CC(=O)O. The molecule has 3 aliphatic heterocycles. The van der Waals surface area contributed by atoms with Crippen molar-refractivity contribution >= 4 is 29.6 Å². The van der Waals surface area contributed by atoms with E-state index < -0.39 is 35.8 Å². The van der Waals surface area contributed by atoms with Crippen molar-refractivity contribution in [2.24, 2.45) is 0 Å². The van der Waals surface area contributed by atoms with Crippen molar-refractivity contribution in [1.29, 1.82) is 0 Å². The zero-order valence-electron chi connectivity index (χ0n) is 22.6. The van der Waals surface area contributed by atoms with E-state index in [0.29, 0.717) is 44.5 Å². The van der Waals surface area contributed by atoms with E-state index in [0.717, 1.165) is 16.7 Å². The summed E-state index contributed by atoms with van der Waals surface area (Å²) in [5, 5.41) is 9.56. The molecule has 9 heteroatoms. The summed E-state index contributed by atoms with van der Waals surface area (Å²) in [6.45, 7) is 6.05. The van der Waals surface area contributed by atoms with Gasteiger partial charge < -0.3 is 19.6 Å². The number of benzene rings is 2. The van der Waals surface area contributed by atoms with Gasteiger partial charge in [0.15, 0.2) is 0 Å². The first-order valence-corrected chi connectivity index (χ1v) is 13.5. The van der Waals surface area contributed by atoms with E-state index in [1.807, 2.05) is 42.5 Å². The summed E-state index contributed by atoms with van der Waals surface area (Å²) >= 11 is 0. The summed E-state index contributed by atoms with van der Waals surface area (Å²) in [7, 11) is 0. The van der Waals surface area contributed by atoms with E-state index in [-0.39, 0.29) is 18.2 Å². The number of carboxylic acids is 1. The molecule has 2 aromatic carbocycles. The van der Waals surface area contributed by atoms with Gasteiger partial charge in [-0.15, -0.1) is 0 Å². The Balaban J connectivity index is 1.41. The van der Waals surface area contributed by atoms with Crippen LogP contribution in [0.15, 0.2) is 48.5 Å². The molecule has 5 rings (SSSR count). The van der Waals surface area contributed by atoms with Crippen molar-refractivity contribution in [3.05, 3.63) is 65.2 Å². The first kappa shape index (κ1) is 26.7. The van der Waals surface area contributed by atoms with Gasteiger partial charge in [-0.1, -0.05) is 42.5 Å². The summed E-state index contributed by atoms with van der Waals surface area (Å²) < 4.78 is 5.66. The number of anilines is 1. The number of likely N-dealkylation sites (tertiary alicyclic amines) is 1. The lowest BCUT2D eigenvalue weighted by Crippen LogP contribution is -2.57. The minimum atomic E-state index is -0.965. The molecule has 0 radical (unpaired) electrons. The average molecular weight is 534 g/mol. The zero-order valence-corrected chi connectivity index (χ0v) is 22.6. The maximum absolute atomic E-state index is 14.1. The lowest BCUT2D eigenvalue weighted by atomic mass is 9.91. The smallest absolute Gasteiger partial charge is 0.415 e. The fraction of sp³-hybridized carbons (Fsp3) is 0.467. The first-order chi connectivity index (χ1) is 18.5. The van der Waals surface area contributed by atoms with Crippen LogP contribution in [0.2, 0.25) is 0 Å². The predicted molar refractivity (Wildman–Crippen MR) is 144 cm³/mol. The molecule has 0 aromatic heterocycles. The molecule has 3 amide bonds. The number of aliphatic carboxylic acids is 1. The van der Waals surface area contributed by atoms with Crippen LogP contribution in [0.1, 0.15) is 56.7 Å². The van der Waals surface area contributed by atoms with Crippen molar-refractivity contribution < 1.29 is 29.0 Å². The molecular weight excluding hydrogens is 498 g/mol. The van der Waals surface area contributed by atoms with Gasteiger partial charge in [0.25, 0.3) is 0 Å². The van der Waals surface area contributed by atoms with Crippen LogP contribution >= 0.6 is 0 Å². The Morgan fingerprint density at radius 1 is 0.872 bits per heavy atom. The normalized spacial score (nSPS) is 22.3. The molecule has 9 nitrogen and oxygen atoms in total. The Morgan fingerprint density at radius 3 is 2.21 bits per heavy atom. The number of amides is 3. The van der Waals surface area contributed by atoms with Crippen LogP contribution in [0.25, 0.3) is 0 Å². The lowest BCUT2D eigenvalue weighted by Gasteiger charge is -2.40. The average Bonchev–Trinajstić information content (AvgIpc) is 3.51. The molecule has 3 unspecified atom stereocenters. The lowest BCUT2D eigenvalue weighted by molar-refractivity contribution is -0.148. The Bertz CT molecular complexity index is 1300. The van der Waals surface area contributed by atoms with Gasteiger partial charge in [0, 0.05) is 25.6 Å². The Morgan fingerprint density at radius 2 is 1.51 bits per heavy atom. The van der Waals surface area contributed by atoms with E-state index >= 15 is 0 Å². The summed E-state index contributed by atoms with van der Waals surface area (Å²) in [6, 6.07) is 13.1. The Hall–Kier alpha value is -3.88. The second-order valence-corrected chi connectivity index (χ2v) is 11.6. The highest BCUT2D eigenvalue weighted by molar-refractivity contribution is 6.02. The van der Waals surface area contributed by atoms with Crippen LogP contribution in [0.4, 0.5) is 10.5 Å². The van der Waals surface area contributed by atoms with Crippen LogP contribution in [0.3, 0.4) is 0 Å². The molecule has 2 aromatic rings. The minimum Gasteiger partial charge on any atom is -0.481 e. The van der Waals surface area contributed by atoms with Crippen molar-refractivity contribution in [1.82, 2.24) is 9.80 Å². The molecule has 1 fully saturated rings. The number of carbonyl (C=O) groups excluding carboxylic acids is 3. The molecule has 0 saturated carbocycles. The Kier molecular flexibility index (Phi) is 7.09. The van der Waals surface area contributed by atoms with Crippen molar-refractivity contribution in [2.75, 3.05) is 11.4 Å². The number of hydrogen-bond donors (Lipinski definition) is 1. The summed E-state index contributed by atoms with van der Waals surface area (Å²) in [6.07, 6.45) is 1.19. The highest BCUT2D eigenvalue weighted by Crippen LogP contribution is 2.36. The number of hydrogen-bond acceptors (Lipinski definition) is 5. The number of para-hydroxylation sites is 1. The molecule has 206 valence electrons. The molecular formula is C30H35N3O6. The van der Waals surface area contributed by atoms with E-state index in [4.69, 9.17) is 4.74 Å². The van der Waals surface area contributed by atoms with Gasteiger partial charge in [0.2, 0.25) is 11.8 Å². The number of rotatable bonds is 4. The molecule has 0 aliphatic carbocycles. The number of carbonyl (C=O) groups is 4. The molecule has 3 heterocycles. The number of fused-ring (bicyclic) bond motifs is 2. The van der Waals surface area contributed by atoms with Gasteiger partial charge in [0.05, 0.1) is 12.1 Å². The van der Waals surface area contributed by atoms with E-state index in [2.05, 4.69) is 0 Å². The van der Waals surface area contributed by atoms with Crippen LogP contribution in [0.5, 0.6) is 0 Å². The summed E-state index contributed by atoms with van der Waals surface area (Å²) in [5.41, 5.74) is 2.81. The van der Waals surface area contributed by atoms with Crippen LogP contribution in [-0.4, -0.2) is 69.1 Å². The molecule has 0 spiro atoms. The molecule has 3 aliphatic rings. The largest absolute Gasteiger partial charge is 0.481 e.